The molecule has 0 fully saturated rings. The average Bonchev–Trinajstić information content (AvgIpc) is 2.08. The zero-order valence-electron chi connectivity index (χ0n) is 7.00. The van der Waals surface area contributed by atoms with Crippen molar-refractivity contribution in [3.05, 3.63) is 34.9 Å². The van der Waals surface area contributed by atoms with Gasteiger partial charge in [-0.15, -0.1) is 0 Å². The molecule has 2 N–H and O–H groups in total. The van der Waals surface area contributed by atoms with E-state index in [1.165, 1.54) is 0 Å². The summed E-state index contributed by atoms with van der Waals surface area (Å²) in [4.78, 5) is 0. The lowest BCUT2D eigenvalue weighted by Gasteiger charge is -2.04. The third-order valence-corrected chi connectivity index (χ3v) is 2.06. The number of halogens is 1. The SMILES string of the molecule is NC(=S)OCCc1ccccc1Cl. The molecule has 1 aromatic rings. The summed E-state index contributed by atoms with van der Waals surface area (Å²) in [6, 6.07) is 7.62. The highest BCUT2D eigenvalue weighted by Gasteiger charge is 1.98. The maximum absolute atomic E-state index is 5.92. The molecule has 4 heteroatoms. The van der Waals surface area contributed by atoms with Crippen molar-refractivity contribution in [3.63, 3.8) is 0 Å². The zero-order valence-corrected chi connectivity index (χ0v) is 8.57. The smallest absolute Gasteiger partial charge is 0.253 e. The van der Waals surface area contributed by atoms with Crippen molar-refractivity contribution >= 4 is 29.0 Å². The van der Waals surface area contributed by atoms with Gasteiger partial charge < -0.3 is 10.5 Å². The first kappa shape index (κ1) is 10.3. The number of hydrogen-bond acceptors (Lipinski definition) is 2. The Kier molecular flexibility index (Phi) is 3.99. The van der Waals surface area contributed by atoms with Crippen LogP contribution in [0.4, 0.5) is 0 Å². The lowest BCUT2D eigenvalue weighted by molar-refractivity contribution is 0.313. The topological polar surface area (TPSA) is 35.2 Å². The fourth-order valence-electron chi connectivity index (χ4n) is 0.963. The Morgan fingerprint density at radius 2 is 2.15 bits per heavy atom. The molecule has 13 heavy (non-hydrogen) atoms. The number of rotatable bonds is 3. The van der Waals surface area contributed by atoms with Crippen molar-refractivity contribution in [1.82, 2.24) is 0 Å². The number of nitrogens with two attached hydrogens (primary N) is 1. The molecule has 0 saturated carbocycles. The van der Waals surface area contributed by atoms with E-state index in [1.807, 2.05) is 24.3 Å². The Hall–Kier alpha value is -0.800. The molecule has 0 aliphatic heterocycles. The molecule has 0 aliphatic carbocycles. The standard InChI is InChI=1S/C9H10ClNOS/c10-8-4-2-1-3-7(8)5-6-12-9(11)13/h1-4H,5-6H2,(H2,11,13). The lowest BCUT2D eigenvalue weighted by atomic mass is 10.2. The fourth-order valence-corrected chi connectivity index (χ4v) is 1.28. The van der Waals surface area contributed by atoms with Gasteiger partial charge in [0.1, 0.15) is 0 Å². The molecule has 1 rings (SSSR count). The van der Waals surface area contributed by atoms with Gasteiger partial charge in [-0.1, -0.05) is 29.8 Å². The third-order valence-electron chi connectivity index (χ3n) is 1.57. The van der Waals surface area contributed by atoms with Gasteiger partial charge in [0.15, 0.2) is 0 Å². The molecule has 70 valence electrons. The van der Waals surface area contributed by atoms with Crippen molar-refractivity contribution in [2.45, 2.75) is 6.42 Å². The normalized spacial score (nSPS) is 9.62. The summed E-state index contributed by atoms with van der Waals surface area (Å²) in [5, 5.41) is 0.820. The first-order valence-corrected chi connectivity index (χ1v) is 4.64. The van der Waals surface area contributed by atoms with Crippen LogP contribution in [-0.4, -0.2) is 11.8 Å². The van der Waals surface area contributed by atoms with Crippen LogP contribution in [0.25, 0.3) is 0 Å². The molecule has 0 unspecified atom stereocenters. The quantitative estimate of drug-likeness (QED) is 0.785. The van der Waals surface area contributed by atoms with E-state index in [1.54, 1.807) is 0 Å². The molecule has 0 saturated heterocycles. The number of benzene rings is 1. The molecule has 0 amide bonds. The maximum atomic E-state index is 5.92. The molecule has 0 atom stereocenters. The summed E-state index contributed by atoms with van der Waals surface area (Å²) in [5.41, 5.74) is 6.21. The van der Waals surface area contributed by atoms with Crippen LogP contribution in [-0.2, 0) is 11.2 Å². The van der Waals surface area contributed by atoms with Gasteiger partial charge in [0.05, 0.1) is 6.61 Å². The first-order valence-electron chi connectivity index (χ1n) is 3.86. The van der Waals surface area contributed by atoms with E-state index in [0.29, 0.717) is 6.61 Å². The van der Waals surface area contributed by atoms with Crippen molar-refractivity contribution in [2.75, 3.05) is 6.61 Å². The van der Waals surface area contributed by atoms with Crippen LogP contribution in [0.2, 0.25) is 5.02 Å². The highest BCUT2D eigenvalue weighted by molar-refractivity contribution is 7.80. The lowest BCUT2D eigenvalue weighted by Crippen LogP contribution is -2.14. The Labute approximate surface area is 87.6 Å². The predicted molar refractivity (Wildman–Crippen MR) is 57.9 cm³/mol. The molecule has 0 spiro atoms. The minimum absolute atomic E-state index is 0.0760. The highest BCUT2D eigenvalue weighted by Crippen LogP contribution is 2.15. The van der Waals surface area contributed by atoms with Gasteiger partial charge >= 0.3 is 0 Å². The van der Waals surface area contributed by atoms with Crippen molar-refractivity contribution < 1.29 is 4.74 Å². The molecule has 1 aromatic carbocycles. The second-order valence-electron chi connectivity index (χ2n) is 2.51. The largest absolute Gasteiger partial charge is 0.471 e. The van der Waals surface area contributed by atoms with Crippen LogP contribution in [0.3, 0.4) is 0 Å². The van der Waals surface area contributed by atoms with Crippen molar-refractivity contribution in [2.24, 2.45) is 5.73 Å². The molecule has 0 heterocycles. The predicted octanol–water partition coefficient (Wildman–Crippen LogP) is 2.14. The summed E-state index contributed by atoms with van der Waals surface area (Å²) in [7, 11) is 0. The molecule has 0 bridgehead atoms. The van der Waals surface area contributed by atoms with Crippen LogP contribution in [0.5, 0.6) is 0 Å². The monoisotopic (exact) mass is 215 g/mol. The average molecular weight is 216 g/mol. The third kappa shape index (κ3) is 3.61. The van der Waals surface area contributed by atoms with E-state index in [9.17, 15) is 0 Å². The number of hydrogen-bond donors (Lipinski definition) is 1. The summed E-state index contributed by atoms with van der Waals surface area (Å²) < 4.78 is 4.95. The minimum atomic E-state index is 0.0760. The summed E-state index contributed by atoms with van der Waals surface area (Å²) in [5.74, 6) is 0. The van der Waals surface area contributed by atoms with Crippen LogP contribution in [0, 0.1) is 0 Å². The van der Waals surface area contributed by atoms with Crippen LogP contribution >= 0.6 is 23.8 Å². The van der Waals surface area contributed by atoms with Crippen LogP contribution < -0.4 is 5.73 Å². The van der Waals surface area contributed by atoms with Gasteiger partial charge in [-0.2, -0.15) is 0 Å². The van der Waals surface area contributed by atoms with Gasteiger partial charge in [-0.05, 0) is 23.8 Å². The van der Waals surface area contributed by atoms with Gasteiger partial charge in [0, 0.05) is 11.4 Å². The fraction of sp³-hybridized carbons (Fsp3) is 0.222. The minimum Gasteiger partial charge on any atom is -0.471 e. The van der Waals surface area contributed by atoms with E-state index in [4.69, 9.17) is 22.1 Å². The molecule has 0 radical (unpaired) electrons. The van der Waals surface area contributed by atoms with E-state index in [-0.39, 0.29) is 5.17 Å². The first-order chi connectivity index (χ1) is 6.20. The second kappa shape index (κ2) is 5.04. The van der Waals surface area contributed by atoms with Crippen LogP contribution in [0.15, 0.2) is 24.3 Å². The van der Waals surface area contributed by atoms with Crippen molar-refractivity contribution in [1.29, 1.82) is 0 Å². The maximum Gasteiger partial charge on any atom is 0.253 e. The van der Waals surface area contributed by atoms with Crippen molar-refractivity contribution in [3.8, 4) is 0 Å². The summed E-state index contributed by atoms with van der Waals surface area (Å²) in [6.45, 7) is 0.471. The Morgan fingerprint density at radius 3 is 2.77 bits per heavy atom. The van der Waals surface area contributed by atoms with Gasteiger partial charge in [0.2, 0.25) is 0 Å². The molecule has 0 aliphatic rings. The summed E-state index contributed by atoms with van der Waals surface area (Å²) >= 11 is 10.5. The molecule has 0 aromatic heterocycles. The Bertz CT molecular complexity index is 303. The molecular weight excluding hydrogens is 206 g/mol. The van der Waals surface area contributed by atoms with Gasteiger partial charge in [0.25, 0.3) is 5.17 Å². The second-order valence-corrected chi connectivity index (χ2v) is 3.32. The van der Waals surface area contributed by atoms with Gasteiger partial charge in [-0.3, -0.25) is 0 Å². The summed E-state index contributed by atoms with van der Waals surface area (Å²) in [6.07, 6.45) is 0.719. The van der Waals surface area contributed by atoms with E-state index >= 15 is 0 Å². The van der Waals surface area contributed by atoms with E-state index in [0.717, 1.165) is 17.0 Å². The Morgan fingerprint density at radius 1 is 1.46 bits per heavy atom. The number of thiocarbonyl (C=S) groups is 1. The van der Waals surface area contributed by atoms with Gasteiger partial charge in [-0.25, -0.2) is 0 Å². The molecular formula is C9H10ClNOS. The molecule has 2 nitrogen and oxygen atoms in total. The van der Waals surface area contributed by atoms with E-state index in [2.05, 4.69) is 12.2 Å². The number of ether oxygens (including phenoxy) is 1. The van der Waals surface area contributed by atoms with Crippen LogP contribution in [0.1, 0.15) is 5.56 Å². The Balaban J connectivity index is 2.45. The highest BCUT2D eigenvalue weighted by atomic mass is 35.5. The zero-order chi connectivity index (χ0) is 9.68. The van der Waals surface area contributed by atoms with E-state index < -0.39 is 0 Å².